The Hall–Kier alpha value is -0.380. The monoisotopic (exact) mass is 256 g/mol. The highest BCUT2D eigenvalue weighted by atomic mass is 79.9. The van der Waals surface area contributed by atoms with Crippen LogP contribution in [0.5, 0.6) is 0 Å². The van der Waals surface area contributed by atoms with Crippen LogP contribution in [0.1, 0.15) is 12.0 Å². The second-order valence-corrected chi connectivity index (χ2v) is 4.18. The van der Waals surface area contributed by atoms with Crippen molar-refractivity contribution in [1.82, 2.24) is 10.6 Å². The average molecular weight is 257 g/mol. The van der Waals surface area contributed by atoms with Crippen LogP contribution in [0.15, 0.2) is 28.7 Å². The van der Waals surface area contributed by atoms with Crippen molar-refractivity contribution in [2.24, 2.45) is 0 Å². The molecule has 1 rings (SSSR count). The summed E-state index contributed by atoms with van der Waals surface area (Å²) >= 11 is 3.42. The van der Waals surface area contributed by atoms with Gasteiger partial charge < -0.3 is 10.6 Å². The summed E-state index contributed by atoms with van der Waals surface area (Å²) < 4.78 is 1.14. The van der Waals surface area contributed by atoms with E-state index in [1.807, 2.05) is 7.05 Å². The largest absolute Gasteiger partial charge is 0.320 e. The average Bonchev–Trinajstić information content (AvgIpc) is 2.21. The van der Waals surface area contributed by atoms with Gasteiger partial charge in [0.05, 0.1) is 0 Å². The number of halogens is 1. The molecule has 2 nitrogen and oxygen atoms in total. The van der Waals surface area contributed by atoms with Crippen molar-refractivity contribution >= 4 is 15.9 Å². The summed E-state index contributed by atoms with van der Waals surface area (Å²) in [6.07, 6.45) is 1.17. The third-order valence-electron chi connectivity index (χ3n) is 2.02. The molecule has 3 heteroatoms. The van der Waals surface area contributed by atoms with Gasteiger partial charge in [-0.2, -0.15) is 0 Å². The predicted octanol–water partition coefficient (Wildman–Crippen LogP) is 2.15. The first kappa shape index (κ1) is 11.7. The van der Waals surface area contributed by atoms with E-state index < -0.39 is 0 Å². The van der Waals surface area contributed by atoms with Crippen molar-refractivity contribution in [2.45, 2.75) is 13.0 Å². The minimum atomic E-state index is 0.955. The Morgan fingerprint density at radius 2 is 1.86 bits per heavy atom. The summed E-state index contributed by atoms with van der Waals surface area (Å²) in [5.41, 5.74) is 1.33. The zero-order valence-electron chi connectivity index (χ0n) is 8.52. The first-order valence-electron chi connectivity index (χ1n) is 4.92. The Morgan fingerprint density at radius 3 is 2.50 bits per heavy atom. The van der Waals surface area contributed by atoms with Gasteiger partial charge in [0, 0.05) is 11.0 Å². The molecule has 78 valence electrons. The number of benzene rings is 1. The summed E-state index contributed by atoms with van der Waals surface area (Å²) in [6.45, 7) is 3.10. The minimum absolute atomic E-state index is 0.955. The van der Waals surface area contributed by atoms with Gasteiger partial charge in [0.15, 0.2) is 0 Å². The Kier molecular flexibility index (Phi) is 5.83. The normalized spacial score (nSPS) is 10.4. The van der Waals surface area contributed by atoms with Crippen LogP contribution in [0, 0.1) is 0 Å². The molecule has 0 aliphatic heterocycles. The first-order valence-corrected chi connectivity index (χ1v) is 5.72. The fourth-order valence-electron chi connectivity index (χ4n) is 1.23. The van der Waals surface area contributed by atoms with E-state index in [2.05, 4.69) is 50.8 Å². The highest BCUT2D eigenvalue weighted by molar-refractivity contribution is 9.10. The summed E-state index contributed by atoms with van der Waals surface area (Å²) in [5, 5.41) is 6.53. The van der Waals surface area contributed by atoms with Crippen LogP contribution >= 0.6 is 15.9 Å². The van der Waals surface area contributed by atoms with Crippen LogP contribution in [0.2, 0.25) is 0 Å². The topological polar surface area (TPSA) is 24.1 Å². The summed E-state index contributed by atoms with van der Waals surface area (Å²) in [4.78, 5) is 0. The van der Waals surface area contributed by atoms with E-state index in [0.29, 0.717) is 0 Å². The van der Waals surface area contributed by atoms with Crippen LogP contribution in [0.25, 0.3) is 0 Å². The number of rotatable bonds is 6. The molecule has 1 aromatic rings. The van der Waals surface area contributed by atoms with E-state index in [1.54, 1.807) is 0 Å². The van der Waals surface area contributed by atoms with Crippen molar-refractivity contribution in [3.05, 3.63) is 34.3 Å². The predicted molar refractivity (Wildman–Crippen MR) is 64.4 cm³/mol. The highest BCUT2D eigenvalue weighted by Gasteiger charge is 1.92. The maximum absolute atomic E-state index is 3.42. The molecule has 2 N–H and O–H groups in total. The van der Waals surface area contributed by atoms with Crippen LogP contribution < -0.4 is 10.6 Å². The molecule has 1 aromatic carbocycles. The Balaban J connectivity index is 2.15. The lowest BCUT2D eigenvalue weighted by molar-refractivity contribution is 0.625. The number of hydrogen-bond donors (Lipinski definition) is 2. The summed E-state index contributed by atoms with van der Waals surface area (Å²) in [7, 11) is 1.98. The molecule has 0 fully saturated rings. The van der Waals surface area contributed by atoms with Crippen LogP contribution in [-0.4, -0.2) is 20.1 Å². The van der Waals surface area contributed by atoms with Gasteiger partial charge >= 0.3 is 0 Å². The minimum Gasteiger partial charge on any atom is -0.320 e. The standard InChI is InChI=1S/C11H17BrN2/c1-13-7-2-8-14-9-10-3-5-11(12)6-4-10/h3-6,13-14H,2,7-9H2,1H3. The number of nitrogens with one attached hydrogen (secondary N) is 2. The van der Waals surface area contributed by atoms with Crippen LogP contribution in [-0.2, 0) is 6.54 Å². The lowest BCUT2D eigenvalue weighted by atomic mass is 10.2. The van der Waals surface area contributed by atoms with E-state index in [1.165, 1.54) is 12.0 Å². The molecule has 0 aliphatic rings. The molecule has 0 atom stereocenters. The van der Waals surface area contributed by atoms with Gasteiger partial charge in [-0.1, -0.05) is 28.1 Å². The van der Waals surface area contributed by atoms with Crippen molar-refractivity contribution in [1.29, 1.82) is 0 Å². The fourth-order valence-corrected chi connectivity index (χ4v) is 1.49. The lowest BCUT2D eigenvalue weighted by Gasteiger charge is -2.04. The SMILES string of the molecule is CNCCCNCc1ccc(Br)cc1. The van der Waals surface area contributed by atoms with E-state index in [9.17, 15) is 0 Å². The molecule has 0 saturated carbocycles. The zero-order chi connectivity index (χ0) is 10.2. The molecule has 0 unspecified atom stereocenters. The van der Waals surface area contributed by atoms with E-state index >= 15 is 0 Å². The van der Waals surface area contributed by atoms with Gasteiger partial charge in [0.25, 0.3) is 0 Å². The van der Waals surface area contributed by atoms with Gasteiger partial charge in [0.2, 0.25) is 0 Å². The third-order valence-corrected chi connectivity index (χ3v) is 2.55. The number of hydrogen-bond acceptors (Lipinski definition) is 2. The second-order valence-electron chi connectivity index (χ2n) is 3.26. The second kappa shape index (κ2) is 6.98. The Morgan fingerprint density at radius 1 is 1.14 bits per heavy atom. The molecule has 0 saturated heterocycles. The molecule has 0 aliphatic carbocycles. The molecule has 14 heavy (non-hydrogen) atoms. The highest BCUT2D eigenvalue weighted by Crippen LogP contribution is 2.09. The molecular weight excluding hydrogens is 240 g/mol. The van der Waals surface area contributed by atoms with Crippen LogP contribution in [0.3, 0.4) is 0 Å². The third kappa shape index (κ3) is 4.74. The Labute approximate surface area is 94.2 Å². The molecule has 0 bridgehead atoms. The van der Waals surface area contributed by atoms with Gasteiger partial charge in [-0.15, -0.1) is 0 Å². The maximum atomic E-state index is 3.42. The van der Waals surface area contributed by atoms with E-state index in [4.69, 9.17) is 0 Å². The van der Waals surface area contributed by atoms with Crippen molar-refractivity contribution in [2.75, 3.05) is 20.1 Å². The lowest BCUT2D eigenvalue weighted by Crippen LogP contribution is -2.19. The Bertz CT molecular complexity index is 246. The van der Waals surface area contributed by atoms with E-state index in [-0.39, 0.29) is 0 Å². The smallest absolute Gasteiger partial charge is 0.0205 e. The van der Waals surface area contributed by atoms with E-state index in [0.717, 1.165) is 24.1 Å². The van der Waals surface area contributed by atoms with Gasteiger partial charge in [-0.3, -0.25) is 0 Å². The summed E-state index contributed by atoms with van der Waals surface area (Å²) in [6, 6.07) is 8.42. The van der Waals surface area contributed by atoms with Crippen molar-refractivity contribution < 1.29 is 0 Å². The zero-order valence-corrected chi connectivity index (χ0v) is 10.1. The quantitative estimate of drug-likeness (QED) is 0.763. The first-order chi connectivity index (χ1) is 6.83. The molecule has 0 aromatic heterocycles. The molecule has 0 heterocycles. The van der Waals surface area contributed by atoms with Gasteiger partial charge in [-0.25, -0.2) is 0 Å². The summed E-state index contributed by atoms with van der Waals surface area (Å²) in [5.74, 6) is 0. The molecule has 0 amide bonds. The van der Waals surface area contributed by atoms with Gasteiger partial charge in [-0.05, 0) is 44.3 Å². The molecular formula is C11H17BrN2. The molecule has 0 radical (unpaired) electrons. The maximum Gasteiger partial charge on any atom is 0.0205 e. The van der Waals surface area contributed by atoms with Gasteiger partial charge in [0.1, 0.15) is 0 Å². The van der Waals surface area contributed by atoms with Crippen molar-refractivity contribution in [3.8, 4) is 0 Å². The van der Waals surface area contributed by atoms with Crippen LogP contribution in [0.4, 0.5) is 0 Å². The molecule has 0 spiro atoms. The van der Waals surface area contributed by atoms with Crippen molar-refractivity contribution in [3.63, 3.8) is 0 Å². The fraction of sp³-hybridized carbons (Fsp3) is 0.455.